The summed E-state index contributed by atoms with van der Waals surface area (Å²) in [5, 5.41) is 34.0. The Bertz CT molecular complexity index is 995. The first kappa shape index (κ1) is 18.2. The molecule has 0 unspecified atom stereocenters. The van der Waals surface area contributed by atoms with Crippen molar-refractivity contribution in [3.05, 3.63) is 36.4 Å². The molecule has 1 aliphatic heterocycles. The van der Waals surface area contributed by atoms with E-state index in [4.69, 9.17) is 10.5 Å². The zero-order valence-corrected chi connectivity index (χ0v) is 14.5. The summed E-state index contributed by atoms with van der Waals surface area (Å²) in [5.41, 5.74) is 10.0. The van der Waals surface area contributed by atoms with Crippen LogP contribution in [-0.2, 0) is 4.74 Å². The van der Waals surface area contributed by atoms with Gasteiger partial charge in [0.05, 0.1) is 12.8 Å². The van der Waals surface area contributed by atoms with Gasteiger partial charge in [-0.25, -0.2) is 20.4 Å². The lowest BCUT2D eigenvalue weighted by molar-refractivity contribution is -0.0501. The van der Waals surface area contributed by atoms with Crippen LogP contribution in [0.25, 0.3) is 11.2 Å². The molecule has 1 aliphatic rings. The topological polar surface area (TPSA) is 177 Å². The predicted octanol–water partition coefficient (Wildman–Crippen LogP) is -1.14. The van der Waals surface area contributed by atoms with Gasteiger partial charge in [-0.2, -0.15) is 5.10 Å². The maximum atomic E-state index is 10.4. The number of rotatable bonds is 5. The van der Waals surface area contributed by atoms with Gasteiger partial charge in [0.15, 0.2) is 23.2 Å². The van der Waals surface area contributed by atoms with Gasteiger partial charge < -0.3 is 25.8 Å². The first-order valence-corrected chi connectivity index (χ1v) is 8.40. The van der Waals surface area contributed by atoms with Gasteiger partial charge in [-0.05, 0) is 17.7 Å². The third-order valence-electron chi connectivity index (χ3n) is 4.36. The SMILES string of the molecule is Nc1ncnc2c1nc(N/N=C\c1ccncc1)n2[C@H]1O[C@@H](CO)[C@@H](O)[C@@H]1O. The lowest BCUT2D eigenvalue weighted by Gasteiger charge is -2.18. The molecule has 3 aromatic heterocycles. The van der Waals surface area contributed by atoms with Crippen LogP contribution in [0.4, 0.5) is 11.8 Å². The number of nitrogens with zero attached hydrogens (tertiary/aromatic N) is 6. The van der Waals surface area contributed by atoms with Crippen LogP contribution >= 0.6 is 0 Å². The number of anilines is 2. The zero-order chi connectivity index (χ0) is 19.7. The van der Waals surface area contributed by atoms with Crippen molar-refractivity contribution in [2.75, 3.05) is 17.8 Å². The second-order valence-electron chi connectivity index (χ2n) is 6.12. The summed E-state index contributed by atoms with van der Waals surface area (Å²) in [6.07, 6.45) is 1.45. The van der Waals surface area contributed by atoms with Crippen LogP contribution < -0.4 is 11.2 Å². The van der Waals surface area contributed by atoms with Crippen LogP contribution in [0.2, 0.25) is 0 Å². The number of imidazole rings is 1. The van der Waals surface area contributed by atoms with Crippen LogP contribution in [0.5, 0.6) is 0 Å². The first-order chi connectivity index (χ1) is 13.6. The van der Waals surface area contributed by atoms with Gasteiger partial charge in [0.2, 0.25) is 5.95 Å². The van der Waals surface area contributed by atoms with E-state index in [1.807, 2.05) is 0 Å². The molecule has 12 nitrogen and oxygen atoms in total. The fourth-order valence-electron chi connectivity index (χ4n) is 2.95. The molecule has 12 heteroatoms. The highest BCUT2D eigenvalue weighted by Crippen LogP contribution is 2.35. The van der Waals surface area contributed by atoms with Gasteiger partial charge in [-0.3, -0.25) is 9.55 Å². The van der Waals surface area contributed by atoms with Crippen molar-refractivity contribution in [1.82, 2.24) is 24.5 Å². The molecule has 3 aromatic rings. The van der Waals surface area contributed by atoms with Crippen molar-refractivity contribution in [1.29, 1.82) is 0 Å². The maximum absolute atomic E-state index is 10.4. The van der Waals surface area contributed by atoms with Gasteiger partial charge in [-0.1, -0.05) is 0 Å². The molecule has 4 atom stereocenters. The molecule has 4 heterocycles. The lowest BCUT2D eigenvalue weighted by Crippen LogP contribution is -2.33. The van der Waals surface area contributed by atoms with Gasteiger partial charge in [0.1, 0.15) is 24.6 Å². The molecule has 6 N–H and O–H groups in total. The van der Waals surface area contributed by atoms with E-state index in [9.17, 15) is 15.3 Å². The summed E-state index contributed by atoms with van der Waals surface area (Å²) < 4.78 is 7.02. The number of nitrogen functional groups attached to an aromatic ring is 1. The Morgan fingerprint density at radius 1 is 1.25 bits per heavy atom. The summed E-state index contributed by atoms with van der Waals surface area (Å²) >= 11 is 0. The largest absolute Gasteiger partial charge is 0.394 e. The Morgan fingerprint density at radius 2 is 2.04 bits per heavy atom. The highest BCUT2D eigenvalue weighted by Gasteiger charge is 2.45. The smallest absolute Gasteiger partial charge is 0.228 e. The molecule has 0 bridgehead atoms. The predicted molar refractivity (Wildman–Crippen MR) is 98.2 cm³/mol. The minimum atomic E-state index is -1.32. The Morgan fingerprint density at radius 3 is 2.75 bits per heavy atom. The minimum Gasteiger partial charge on any atom is -0.394 e. The van der Waals surface area contributed by atoms with Crippen LogP contribution in [0.15, 0.2) is 36.0 Å². The van der Waals surface area contributed by atoms with Crippen molar-refractivity contribution in [3.8, 4) is 0 Å². The molecule has 1 saturated heterocycles. The Balaban J connectivity index is 1.73. The van der Waals surface area contributed by atoms with Crippen LogP contribution in [0, 0.1) is 0 Å². The molecule has 0 radical (unpaired) electrons. The third kappa shape index (κ3) is 3.14. The molecular weight excluding hydrogens is 368 g/mol. The number of hydrogen-bond donors (Lipinski definition) is 5. The monoisotopic (exact) mass is 386 g/mol. The lowest BCUT2D eigenvalue weighted by atomic mass is 10.1. The standard InChI is InChI=1S/C16H18N8O4/c17-13-10-14(20-7-19-13)24(15-12(27)11(26)9(6-25)28-15)16(22-10)23-21-5-8-1-3-18-4-2-8/h1-5,7,9,11-12,15,25-27H,6H2,(H,22,23)(H2,17,19,20)/b21-5-/t9-,11+,12-,15-/m0/s1. The summed E-state index contributed by atoms with van der Waals surface area (Å²) in [5.74, 6) is 0.305. The Labute approximate surface area is 158 Å². The van der Waals surface area contributed by atoms with E-state index in [2.05, 4.69) is 30.5 Å². The van der Waals surface area contributed by atoms with Gasteiger partial charge in [0.25, 0.3) is 0 Å². The Kier molecular flexibility index (Phi) is 4.83. The van der Waals surface area contributed by atoms with Crippen molar-refractivity contribution >= 4 is 29.1 Å². The number of ether oxygens (including phenoxy) is 1. The average molecular weight is 386 g/mol. The van der Waals surface area contributed by atoms with Gasteiger partial charge in [-0.15, -0.1) is 0 Å². The van der Waals surface area contributed by atoms with E-state index < -0.39 is 31.1 Å². The fourth-order valence-corrected chi connectivity index (χ4v) is 2.95. The quantitative estimate of drug-likeness (QED) is 0.266. The van der Waals surface area contributed by atoms with E-state index >= 15 is 0 Å². The number of nitrogens with two attached hydrogens (primary N) is 1. The molecule has 146 valence electrons. The molecule has 28 heavy (non-hydrogen) atoms. The normalized spacial score (nSPS) is 25.0. The Hall–Kier alpha value is -3.19. The minimum absolute atomic E-state index is 0.136. The second-order valence-corrected chi connectivity index (χ2v) is 6.12. The van der Waals surface area contributed by atoms with Crippen LogP contribution in [-0.4, -0.2) is 71.0 Å². The highest BCUT2D eigenvalue weighted by atomic mass is 16.6. The molecule has 0 spiro atoms. The number of nitrogens with one attached hydrogen (secondary N) is 1. The molecule has 1 fully saturated rings. The van der Waals surface area contributed by atoms with Crippen LogP contribution in [0.3, 0.4) is 0 Å². The number of pyridine rings is 1. The van der Waals surface area contributed by atoms with E-state index in [0.717, 1.165) is 5.56 Å². The van der Waals surface area contributed by atoms with Crippen molar-refractivity contribution in [2.24, 2.45) is 5.10 Å². The third-order valence-corrected chi connectivity index (χ3v) is 4.36. The number of aliphatic hydroxyl groups excluding tert-OH is 3. The molecule has 0 saturated carbocycles. The summed E-state index contributed by atoms with van der Waals surface area (Å²) in [6.45, 7) is -0.457. The zero-order valence-electron chi connectivity index (χ0n) is 14.5. The van der Waals surface area contributed by atoms with Crippen molar-refractivity contribution in [3.63, 3.8) is 0 Å². The number of hydrazone groups is 1. The van der Waals surface area contributed by atoms with E-state index in [1.54, 1.807) is 30.7 Å². The maximum Gasteiger partial charge on any atom is 0.228 e. The van der Waals surface area contributed by atoms with E-state index in [-0.39, 0.29) is 22.9 Å². The summed E-state index contributed by atoms with van der Waals surface area (Å²) in [7, 11) is 0. The van der Waals surface area contributed by atoms with Crippen LogP contribution in [0.1, 0.15) is 11.8 Å². The van der Waals surface area contributed by atoms with Gasteiger partial charge >= 0.3 is 0 Å². The van der Waals surface area contributed by atoms with Crippen molar-refractivity contribution < 1.29 is 20.1 Å². The van der Waals surface area contributed by atoms with Gasteiger partial charge in [0, 0.05) is 12.4 Å². The second kappa shape index (κ2) is 7.44. The van der Waals surface area contributed by atoms with E-state index in [0.29, 0.717) is 0 Å². The number of hydrogen-bond acceptors (Lipinski definition) is 11. The molecule has 0 amide bonds. The fraction of sp³-hybridized carbons (Fsp3) is 0.312. The summed E-state index contributed by atoms with van der Waals surface area (Å²) in [6, 6.07) is 3.54. The molecule has 0 aromatic carbocycles. The highest BCUT2D eigenvalue weighted by molar-refractivity contribution is 5.84. The molecular formula is C16H18N8O4. The molecule has 0 aliphatic carbocycles. The number of aromatic nitrogens is 5. The number of aliphatic hydroxyl groups is 3. The van der Waals surface area contributed by atoms with Crippen molar-refractivity contribution in [2.45, 2.75) is 24.5 Å². The summed E-state index contributed by atoms with van der Waals surface area (Å²) in [4.78, 5) is 16.3. The first-order valence-electron chi connectivity index (χ1n) is 8.40. The number of fused-ring (bicyclic) bond motifs is 1. The average Bonchev–Trinajstić information content (AvgIpc) is 3.21. The molecule has 4 rings (SSSR count). The van der Waals surface area contributed by atoms with E-state index in [1.165, 1.54) is 10.9 Å².